The molecule has 0 unspecified atom stereocenters. The Hall–Kier alpha value is -3.65. The second-order valence-electron chi connectivity index (χ2n) is 7.91. The molecule has 0 saturated heterocycles. The van der Waals surface area contributed by atoms with Crippen LogP contribution in [0.1, 0.15) is 16.9 Å². The van der Waals surface area contributed by atoms with E-state index in [0.717, 1.165) is 46.0 Å². The molecule has 0 bridgehead atoms. The quantitative estimate of drug-likeness (QED) is 0.440. The number of carbonyl (C=O) groups excluding carboxylic acids is 1. The van der Waals surface area contributed by atoms with Crippen LogP contribution in [0.5, 0.6) is 5.75 Å². The Morgan fingerprint density at radius 3 is 2.97 bits per heavy atom. The van der Waals surface area contributed by atoms with E-state index in [4.69, 9.17) is 9.15 Å². The first kappa shape index (κ1) is 19.1. The maximum absolute atomic E-state index is 13.0. The number of carbonyl (C=O) groups is 1. The van der Waals surface area contributed by atoms with E-state index in [-0.39, 0.29) is 18.0 Å². The largest absolute Gasteiger partial charge is 0.495 e. The van der Waals surface area contributed by atoms with Crippen molar-refractivity contribution >= 4 is 55.1 Å². The number of methoxy groups -OCH3 is 1. The van der Waals surface area contributed by atoms with Crippen LogP contribution in [0, 0.1) is 0 Å². The van der Waals surface area contributed by atoms with Gasteiger partial charge in [0.1, 0.15) is 28.3 Å². The normalized spacial score (nSPS) is 13.2. The average Bonchev–Trinajstić information content (AvgIpc) is 3.47. The van der Waals surface area contributed by atoms with Gasteiger partial charge in [0.2, 0.25) is 5.91 Å². The molecule has 0 aliphatic heterocycles. The lowest BCUT2D eigenvalue weighted by Crippen LogP contribution is -2.28. The summed E-state index contributed by atoms with van der Waals surface area (Å²) >= 11 is 1.59. The molecule has 0 spiro atoms. The van der Waals surface area contributed by atoms with Crippen LogP contribution < -0.4 is 15.6 Å². The molecule has 5 aromatic rings. The third-order valence-electron chi connectivity index (χ3n) is 5.98. The fourth-order valence-electron chi connectivity index (χ4n) is 4.49. The van der Waals surface area contributed by atoms with Crippen molar-refractivity contribution < 1.29 is 13.9 Å². The number of anilines is 1. The smallest absolute Gasteiger partial charge is 0.262 e. The summed E-state index contributed by atoms with van der Waals surface area (Å²) in [6.07, 6.45) is 4.42. The van der Waals surface area contributed by atoms with Gasteiger partial charge in [-0.1, -0.05) is 18.2 Å². The highest BCUT2D eigenvalue weighted by Gasteiger charge is 2.22. The molecule has 0 radical (unpaired) electrons. The fraction of sp³-hybridized carbons (Fsp3) is 0.208. The molecular weight excluding hydrogens is 426 g/mol. The van der Waals surface area contributed by atoms with E-state index < -0.39 is 0 Å². The van der Waals surface area contributed by atoms with Crippen LogP contribution in [-0.4, -0.2) is 22.6 Å². The lowest BCUT2D eigenvalue weighted by atomic mass is 10.1. The van der Waals surface area contributed by atoms with Gasteiger partial charge in [-0.3, -0.25) is 14.2 Å². The average molecular weight is 446 g/mol. The topological polar surface area (TPSA) is 86.4 Å². The summed E-state index contributed by atoms with van der Waals surface area (Å²) in [6, 6.07) is 11.3. The predicted octanol–water partition coefficient (Wildman–Crippen LogP) is 4.49. The van der Waals surface area contributed by atoms with Crippen LogP contribution >= 0.6 is 11.3 Å². The van der Waals surface area contributed by atoms with Crippen LogP contribution in [0.15, 0.2) is 51.9 Å². The summed E-state index contributed by atoms with van der Waals surface area (Å²) < 4.78 is 12.8. The molecule has 1 aliphatic carbocycles. The monoisotopic (exact) mass is 445 g/mol. The van der Waals surface area contributed by atoms with Crippen molar-refractivity contribution in [3.8, 4) is 5.75 Å². The summed E-state index contributed by atoms with van der Waals surface area (Å²) in [5.41, 5.74) is 2.85. The predicted molar refractivity (Wildman–Crippen MR) is 125 cm³/mol. The van der Waals surface area contributed by atoms with Gasteiger partial charge in [-0.25, -0.2) is 4.98 Å². The summed E-state index contributed by atoms with van der Waals surface area (Å²) in [7, 11) is 1.55. The number of nitrogens with zero attached hydrogens (tertiary/aromatic N) is 2. The lowest BCUT2D eigenvalue weighted by molar-refractivity contribution is -0.116. The molecule has 32 heavy (non-hydrogen) atoms. The number of thiophene rings is 1. The highest BCUT2D eigenvalue weighted by molar-refractivity contribution is 7.18. The van der Waals surface area contributed by atoms with Crippen LogP contribution in [0.4, 0.5) is 5.69 Å². The van der Waals surface area contributed by atoms with E-state index in [9.17, 15) is 9.59 Å². The number of hydrogen-bond acceptors (Lipinski definition) is 6. The molecule has 0 saturated carbocycles. The SMILES string of the molecule is COc1cc2c(cc1NC(=O)Cn1cnc3sc4c(c3c1=O)CCC4)oc1ccccc12. The van der Waals surface area contributed by atoms with Gasteiger partial charge in [-0.15, -0.1) is 11.3 Å². The van der Waals surface area contributed by atoms with Gasteiger partial charge in [0.25, 0.3) is 5.56 Å². The molecule has 1 aliphatic rings. The molecule has 160 valence electrons. The van der Waals surface area contributed by atoms with Crippen molar-refractivity contribution in [2.24, 2.45) is 0 Å². The number of amides is 1. The fourth-order valence-corrected chi connectivity index (χ4v) is 5.71. The number of aromatic nitrogens is 2. The van der Waals surface area contributed by atoms with Gasteiger partial charge in [-0.05, 0) is 37.0 Å². The van der Waals surface area contributed by atoms with Crippen molar-refractivity contribution in [3.05, 3.63) is 63.5 Å². The molecule has 1 N–H and O–H groups in total. The number of rotatable bonds is 4. The van der Waals surface area contributed by atoms with E-state index in [0.29, 0.717) is 22.4 Å². The maximum Gasteiger partial charge on any atom is 0.262 e. The molecule has 3 aromatic heterocycles. The summed E-state index contributed by atoms with van der Waals surface area (Å²) in [4.78, 5) is 32.3. The van der Waals surface area contributed by atoms with Crippen molar-refractivity contribution in [1.82, 2.24) is 9.55 Å². The molecule has 1 amide bonds. The van der Waals surface area contributed by atoms with Crippen molar-refractivity contribution in [2.45, 2.75) is 25.8 Å². The van der Waals surface area contributed by atoms with E-state index >= 15 is 0 Å². The summed E-state index contributed by atoms with van der Waals surface area (Å²) in [5.74, 6) is 0.183. The Balaban J connectivity index is 1.33. The van der Waals surface area contributed by atoms with Gasteiger partial charge >= 0.3 is 0 Å². The van der Waals surface area contributed by atoms with Gasteiger partial charge in [-0.2, -0.15) is 0 Å². The number of nitrogens with one attached hydrogen (secondary N) is 1. The second-order valence-corrected chi connectivity index (χ2v) is 8.99. The zero-order valence-corrected chi connectivity index (χ0v) is 18.1. The van der Waals surface area contributed by atoms with E-state index in [2.05, 4.69) is 10.3 Å². The minimum Gasteiger partial charge on any atom is -0.495 e. The molecule has 6 rings (SSSR count). The first-order valence-electron chi connectivity index (χ1n) is 10.4. The van der Waals surface area contributed by atoms with Crippen LogP contribution in [0.2, 0.25) is 0 Å². The highest BCUT2D eigenvalue weighted by atomic mass is 32.1. The van der Waals surface area contributed by atoms with Crippen molar-refractivity contribution in [1.29, 1.82) is 0 Å². The molecule has 0 fully saturated rings. The van der Waals surface area contributed by atoms with Crippen LogP contribution in [-0.2, 0) is 24.2 Å². The number of aryl methyl sites for hydroxylation is 2. The molecule has 0 atom stereocenters. The van der Waals surface area contributed by atoms with Gasteiger partial charge in [0, 0.05) is 21.7 Å². The Kier molecular flexibility index (Phi) is 4.29. The van der Waals surface area contributed by atoms with E-state index in [1.807, 2.05) is 30.3 Å². The number of benzene rings is 2. The zero-order chi connectivity index (χ0) is 21.8. The standard InChI is InChI=1S/C24H19N3O4S/c1-30-19-9-15-13-5-2-3-7-17(13)31-18(15)10-16(19)26-21(28)11-27-12-25-23-22(24(27)29)14-6-4-8-20(14)32-23/h2-3,5,7,9-10,12H,4,6,8,11H2,1H3,(H,26,28). The minimum atomic E-state index is -0.339. The maximum atomic E-state index is 13.0. The Morgan fingerprint density at radius 1 is 1.22 bits per heavy atom. The highest BCUT2D eigenvalue weighted by Crippen LogP contribution is 2.36. The van der Waals surface area contributed by atoms with E-state index in [1.54, 1.807) is 24.5 Å². The molecule has 8 heteroatoms. The summed E-state index contributed by atoms with van der Waals surface area (Å²) in [5, 5.41) is 5.41. The number of furan rings is 1. The first-order chi connectivity index (χ1) is 15.6. The van der Waals surface area contributed by atoms with Crippen molar-refractivity contribution in [2.75, 3.05) is 12.4 Å². The molecular formula is C24H19N3O4S. The van der Waals surface area contributed by atoms with Gasteiger partial charge in [0.05, 0.1) is 24.5 Å². The summed E-state index contributed by atoms with van der Waals surface area (Å²) in [6.45, 7) is -0.131. The van der Waals surface area contributed by atoms with Crippen molar-refractivity contribution in [3.63, 3.8) is 0 Å². The first-order valence-corrected chi connectivity index (χ1v) is 11.2. The third kappa shape index (κ3) is 2.90. The Labute approximate surface area is 186 Å². The lowest BCUT2D eigenvalue weighted by Gasteiger charge is -2.11. The third-order valence-corrected chi connectivity index (χ3v) is 7.18. The molecule has 3 heterocycles. The number of fused-ring (bicyclic) bond motifs is 6. The Morgan fingerprint density at radius 2 is 2.09 bits per heavy atom. The minimum absolute atomic E-state index is 0.131. The second kappa shape index (κ2) is 7.20. The number of ether oxygens (including phenoxy) is 1. The zero-order valence-electron chi connectivity index (χ0n) is 17.3. The number of para-hydroxylation sites is 1. The Bertz CT molecular complexity index is 1590. The number of hydrogen-bond donors (Lipinski definition) is 1. The van der Waals surface area contributed by atoms with Crippen LogP contribution in [0.25, 0.3) is 32.2 Å². The van der Waals surface area contributed by atoms with Gasteiger partial charge < -0.3 is 14.5 Å². The van der Waals surface area contributed by atoms with Crippen LogP contribution in [0.3, 0.4) is 0 Å². The molecule has 2 aromatic carbocycles. The van der Waals surface area contributed by atoms with E-state index in [1.165, 1.54) is 15.8 Å². The van der Waals surface area contributed by atoms with Gasteiger partial charge in [0.15, 0.2) is 0 Å². The molecule has 7 nitrogen and oxygen atoms in total.